The first-order valence-corrected chi connectivity index (χ1v) is 18.6. The monoisotopic (exact) mass is 719 g/mol. The summed E-state index contributed by atoms with van der Waals surface area (Å²) in [5, 5.41) is 6.28. The average Bonchev–Trinajstić information content (AvgIpc) is 3.88. The number of para-hydroxylation sites is 3. The summed E-state index contributed by atoms with van der Waals surface area (Å²) in [6.07, 6.45) is 0. The molecule has 0 aliphatic rings. The normalized spacial score (nSPS) is 13.9. The third kappa shape index (κ3) is 4.50. The molecule has 56 heavy (non-hydrogen) atoms. The van der Waals surface area contributed by atoms with Gasteiger partial charge in [0.25, 0.3) is 0 Å². The van der Waals surface area contributed by atoms with Crippen LogP contribution in [0, 0.1) is 0 Å². The van der Waals surface area contributed by atoms with Gasteiger partial charge in [-0.2, -0.15) is 0 Å². The van der Waals surface area contributed by atoms with Crippen LogP contribution < -0.4 is 0 Å². The maximum atomic E-state index is 9.47. The van der Waals surface area contributed by atoms with Gasteiger partial charge in [-0.15, -0.1) is 0 Å². The number of nitrogens with zero attached hydrogens (tertiary/aromatic N) is 1. The lowest BCUT2D eigenvalue weighted by Gasteiger charge is -2.18. The van der Waals surface area contributed by atoms with Gasteiger partial charge in [0.2, 0.25) is 0 Å². The summed E-state index contributed by atoms with van der Waals surface area (Å²) < 4.78 is 82.3. The summed E-state index contributed by atoms with van der Waals surface area (Å²) in [6.45, 7) is 0. The third-order valence-corrected chi connectivity index (χ3v) is 11.2. The van der Waals surface area contributed by atoms with Crippen LogP contribution in [0.25, 0.3) is 115 Å². The van der Waals surface area contributed by atoms with E-state index in [0.717, 1.165) is 60.2 Å². The van der Waals surface area contributed by atoms with Gasteiger partial charge in [0.05, 0.1) is 22.0 Å². The predicted octanol–water partition coefficient (Wildman–Crippen LogP) is 15.1. The first-order valence-electron chi connectivity index (χ1n) is 22.6. The smallest absolute Gasteiger partial charge is 0.143 e. The van der Waals surface area contributed by atoms with Crippen molar-refractivity contribution >= 4 is 76.1 Å². The number of hydrogen-bond acceptors (Lipinski definition) is 1. The van der Waals surface area contributed by atoms with Crippen LogP contribution in [0.1, 0.15) is 11.0 Å². The molecule has 0 aliphatic carbocycles. The highest BCUT2D eigenvalue weighted by Crippen LogP contribution is 2.47. The summed E-state index contributed by atoms with van der Waals surface area (Å²) in [6, 6.07) is 47.2. The molecule has 0 atom stereocenters. The van der Waals surface area contributed by atoms with Crippen LogP contribution in [-0.2, 0) is 0 Å². The summed E-state index contributed by atoms with van der Waals surface area (Å²) in [5.74, 6) is 0. The minimum Gasteiger partial charge on any atom is -0.455 e. The fourth-order valence-corrected chi connectivity index (χ4v) is 8.81. The SMILES string of the molecule is [2H]c1c([2H])c([2H])c2c(-c3ccc4oc5c(-c6cccc7c6c6ccccc6n7-c6ccccc6)cccc5c4c3)c3c([2H])c([2H])c([2H])c([2H])c3c(-c3ccc4ccccc4c3)c2c1[2H]. The van der Waals surface area contributed by atoms with Gasteiger partial charge in [0.1, 0.15) is 11.2 Å². The van der Waals surface area contributed by atoms with Crippen LogP contribution in [0.15, 0.2) is 204 Å². The second-order valence-electron chi connectivity index (χ2n) is 14.2. The topological polar surface area (TPSA) is 18.1 Å². The first-order chi connectivity index (χ1) is 31.1. The molecule has 0 radical (unpaired) electrons. The van der Waals surface area contributed by atoms with Crippen molar-refractivity contribution in [1.29, 1.82) is 0 Å². The standard InChI is InChI=1S/C54H33NO/c1-2-16-38(17-3-1)55-48-26-11-10-22-46(48)53-43(23-13-27-49(53)55)44-24-12-25-45-47-33-37(30-31-50(47)56-54(44)45)52-41-20-8-6-18-39(41)51(40-19-7-9-21-42(40)52)36-29-28-34-14-4-5-15-35(34)32-36/h1-33H/i6D,7D,8D,9D,18D,19D,20D,21D. The number of aromatic nitrogens is 1. The molecule has 2 nitrogen and oxygen atoms in total. The van der Waals surface area contributed by atoms with E-state index < -0.39 is 24.2 Å². The highest BCUT2D eigenvalue weighted by atomic mass is 16.3. The van der Waals surface area contributed by atoms with Crippen LogP contribution in [0.4, 0.5) is 0 Å². The summed E-state index contributed by atoms with van der Waals surface area (Å²) in [5.41, 5.74) is 8.06. The van der Waals surface area contributed by atoms with E-state index in [9.17, 15) is 5.48 Å². The fraction of sp³-hybridized carbons (Fsp3) is 0. The second kappa shape index (κ2) is 12.0. The van der Waals surface area contributed by atoms with E-state index >= 15 is 0 Å². The first kappa shape index (κ1) is 24.1. The molecule has 0 aliphatic heterocycles. The molecule has 260 valence electrons. The zero-order chi connectivity index (χ0) is 43.7. The Morgan fingerprint density at radius 1 is 0.411 bits per heavy atom. The number of benzene rings is 10. The van der Waals surface area contributed by atoms with E-state index in [1.54, 1.807) is 0 Å². The Morgan fingerprint density at radius 3 is 1.77 bits per heavy atom. The van der Waals surface area contributed by atoms with Crippen molar-refractivity contribution in [3.05, 3.63) is 200 Å². The Hall–Kier alpha value is -7.42. The van der Waals surface area contributed by atoms with Crippen molar-refractivity contribution in [3.8, 4) is 39.1 Å². The number of rotatable bonds is 4. The molecule has 0 unspecified atom stereocenters. The van der Waals surface area contributed by atoms with E-state index in [4.69, 9.17) is 9.90 Å². The maximum Gasteiger partial charge on any atom is 0.143 e. The Labute approximate surface area is 334 Å². The number of furan rings is 1. The van der Waals surface area contributed by atoms with Crippen molar-refractivity contribution in [2.75, 3.05) is 0 Å². The zero-order valence-corrected chi connectivity index (χ0v) is 29.8. The van der Waals surface area contributed by atoms with Crippen molar-refractivity contribution in [3.63, 3.8) is 0 Å². The van der Waals surface area contributed by atoms with Crippen molar-refractivity contribution < 1.29 is 15.4 Å². The molecule has 0 saturated carbocycles. The molecule has 0 spiro atoms. The highest BCUT2D eigenvalue weighted by Gasteiger charge is 2.21. The Bertz CT molecular complexity index is 3920. The molecule has 0 fully saturated rings. The van der Waals surface area contributed by atoms with Crippen molar-refractivity contribution in [2.45, 2.75) is 0 Å². The quantitative estimate of drug-likeness (QED) is 0.166. The Morgan fingerprint density at radius 2 is 1.00 bits per heavy atom. The highest BCUT2D eigenvalue weighted by molar-refractivity contribution is 6.23. The van der Waals surface area contributed by atoms with Gasteiger partial charge >= 0.3 is 0 Å². The molecular weight excluding hydrogens is 679 g/mol. The Kier molecular flexibility index (Phi) is 5.18. The van der Waals surface area contributed by atoms with E-state index in [0.29, 0.717) is 33.4 Å². The van der Waals surface area contributed by atoms with Gasteiger partial charge in [0, 0.05) is 32.8 Å². The van der Waals surface area contributed by atoms with E-state index in [1.165, 1.54) is 0 Å². The molecule has 2 aromatic heterocycles. The minimum atomic E-state index is -0.439. The number of fused-ring (bicyclic) bond motifs is 9. The van der Waals surface area contributed by atoms with Crippen LogP contribution >= 0.6 is 0 Å². The van der Waals surface area contributed by atoms with E-state index in [2.05, 4.69) is 65.2 Å². The van der Waals surface area contributed by atoms with Gasteiger partial charge in [0.15, 0.2) is 0 Å². The molecule has 0 amide bonds. The molecule has 10 aromatic carbocycles. The summed E-state index contributed by atoms with van der Waals surface area (Å²) >= 11 is 0. The molecule has 12 rings (SSSR count). The lowest BCUT2D eigenvalue weighted by atomic mass is 9.85. The molecule has 2 heteroatoms. The molecule has 2 heterocycles. The van der Waals surface area contributed by atoms with Gasteiger partial charge < -0.3 is 8.98 Å². The van der Waals surface area contributed by atoms with Crippen molar-refractivity contribution in [1.82, 2.24) is 4.57 Å². The van der Waals surface area contributed by atoms with Crippen molar-refractivity contribution in [2.24, 2.45) is 0 Å². The fourth-order valence-electron chi connectivity index (χ4n) is 8.81. The summed E-state index contributed by atoms with van der Waals surface area (Å²) in [4.78, 5) is 0. The van der Waals surface area contributed by atoms with Gasteiger partial charge in [-0.25, -0.2) is 0 Å². The molecule has 12 aromatic rings. The van der Waals surface area contributed by atoms with Crippen LogP contribution in [0.2, 0.25) is 0 Å². The maximum absolute atomic E-state index is 9.47. The lowest BCUT2D eigenvalue weighted by molar-refractivity contribution is 0.670. The van der Waals surface area contributed by atoms with Crippen LogP contribution in [0.5, 0.6) is 0 Å². The number of hydrogen-bond donors (Lipinski definition) is 0. The Balaban J connectivity index is 1.17. The van der Waals surface area contributed by atoms with E-state index in [1.807, 2.05) is 91.0 Å². The molecule has 0 saturated heterocycles. The summed E-state index contributed by atoms with van der Waals surface area (Å²) in [7, 11) is 0. The average molecular weight is 720 g/mol. The minimum absolute atomic E-state index is 0.168. The molecular formula is C54H33NO. The predicted molar refractivity (Wildman–Crippen MR) is 237 cm³/mol. The van der Waals surface area contributed by atoms with Crippen LogP contribution in [-0.4, -0.2) is 4.57 Å². The third-order valence-electron chi connectivity index (χ3n) is 11.2. The van der Waals surface area contributed by atoms with E-state index in [-0.39, 0.29) is 45.7 Å². The molecule has 0 bridgehead atoms. The molecule has 0 N–H and O–H groups in total. The van der Waals surface area contributed by atoms with Gasteiger partial charge in [-0.05, 0) is 103 Å². The lowest BCUT2D eigenvalue weighted by Crippen LogP contribution is -1.92. The second-order valence-corrected chi connectivity index (χ2v) is 14.2. The van der Waals surface area contributed by atoms with Gasteiger partial charge in [-0.3, -0.25) is 0 Å². The van der Waals surface area contributed by atoms with Crippen LogP contribution in [0.3, 0.4) is 0 Å². The van der Waals surface area contributed by atoms with Gasteiger partial charge in [-0.1, -0.05) is 158 Å². The zero-order valence-electron chi connectivity index (χ0n) is 37.8. The largest absolute Gasteiger partial charge is 0.455 e.